The van der Waals surface area contributed by atoms with Crippen molar-refractivity contribution in [3.05, 3.63) is 29.8 Å². The fraction of sp³-hybridized carbons (Fsp3) is 0.600. The highest BCUT2D eigenvalue weighted by atomic mass is 32.2. The molecule has 0 heterocycles. The predicted octanol–water partition coefficient (Wildman–Crippen LogP) is 2.47. The molecule has 4 nitrogen and oxygen atoms in total. The fourth-order valence-electron chi connectivity index (χ4n) is 2.10. The lowest BCUT2D eigenvalue weighted by atomic mass is 10.1. The number of sulfonamides is 1. The summed E-state index contributed by atoms with van der Waals surface area (Å²) in [6.07, 6.45) is 4.06. The molecule has 2 N–H and O–H groups in total. The van der Waals surface area contributed by atoms with E-state index < -0.39 is 10.0 Å². The number of benzene rings is 1. The normalized spacial score (nSPS) is 13.3. The summed E-state index contributed by atoms with van der Waals surface area (Å²) in [6.45, 7) is 4.19. The van der Waals surface area contributed by atoms with Crippen LogP contribution in [0.25, 0.3) is 0 Å². The largest absolute Gasteiger partial charge is 0.396 e. The summed E-state index contributed by atoms with van der Waals surface area (Å²) in [7, 11) is -3.43. The molecule has 20 heavy (non-hydrogen) atoms. The first kappa shape index (κ1) is 17.1. The molecule has 0 spiro atoms. The summed E-state index contributed by atoms with van der Waals surface area (Å²) in [6, 6.07) is 6.89. The second-order valence-corrected chi connectivity index (χ2v) is 6.70. The molecule has 1 aromatic rings. The molecule has 0 saturated heterocycles. The van der Waals surface area contributed by atoms with E-state index in [9.17, 15) is 8.42 Å². The quantitative estimate of drug-likeness (QED) is 0.736. The summed E-state index contributed by atoms with van der Waals surface area (Å²) in [4.78, 5) is 0.305. The molecular weight excluding hydrogens is 274 g/mol. The molecule has 0 aromatic heterocycles. The Hall–Kier alpha value is -0.910. The Bertz CT molecular complexity index is 482. The maximum Gasteiger partial charge on any atom is 0.240 e. The minimum atomic E-state index is -3.43. The van der Waals surface area contributed by atoms with Crippen LogP contribution in [0.4, 0.5) is 0 Å². The molecule has 0 aliphatic heterocycles. The summed E-state index contributed by atoms with van der Waals surface area (Å²) in [5, 5.41) is 8.78. The average molecular weight is 299 g/mol. The topological polar surface area (TPSA) is 66.4 Å². The van der Waals surface area contributed by atoms with Gasteiger partial charge in [0.1, 0.15) is 0 Å². The number of aliphatic hydroxyl groups excluding tert-OH is 1. The van der Waals surface area contributed by atoms with E-state index in [1.54, 1.807) is 12.1 Å². The average Bonchev–Trinajstić information content (AvgIpc) is 2.45. The van der Waals surface area contributed by atoms with Gasteiger partial charge in [-0.1, -0.05) is 32.4 Å². The van der Waals surface area contributed by atoms with Crippen molar-refractivity contribution >= 4 is 10.0 Å². The lowest BCUT2D eigenvalue weighted by Gasteiger charge is -2.16. The van der Waals surface area contributed by atoms with Crippen molar-refractivity contribution in [1.29, 1.82) is 0 Å². The Morgan fingerprint density at radius 3 is 2.35 bits per heavy atom. The summed E-state index contributed by atoms with van der Waals surface area (Å²) in [5.74, 6) is 0. The van der Waals surface area contributed by atoms with Crippen LogP contribution < -0.4 is 4.72 Å². The van der Waals surface area contributed by atoms with E-state index in [4.69, 9.17) is 5.11 Å². The van der Waals surface area contributed by atoms with Gasteiger partial charge in [-0.15, -0.1) is 0 Å². The number of aliphatic hydroxyl groups is 1. The Morgan fingerprint density at radius 2 is 1.85 bits per heavy atom. The van der Waals surface area contributed by atoms with Crippen molar-refractivity contribution < 1.29 is 13.5 Å². The van der Waals surface area contributed by atoms with Gasteiger partial charge in [0.2, 0.25) is 10.0 Å². The fourth-order valence-corrected chi connectivity index (χ4v) is 3.45. The highest BCUT2D eigenvalue weighted by Crippen LogP contribution is 2.14. The van der Waals surface area contributed by atoms with E-state index in [2.05, 4.69) is 4.72 Å². The summed E-state index contributed by atoms with van der Waals surface area (Å²) < 4.78 is 27.3. The molecule has 0 radical (unpaired) electrons. The third kappa shape index (κ3) is 5.23. The third-order valence-electron chi connectivity index (χ3n) is 3.31. The van der Waals surface area contributed by atoms with E-state index in [-0.39, 0.29) is 12.6 Å². The minimum absolute atomic E-state index is 0.000865. The number of hydrogen-bond acceptors (Lipinski definition) is 3. The minimum Gasteiger partial charge on any atom is -0.396 e. The Kier molecular flexibility index (Phi) is 7.19. The van der Waals surface area contributed by atoms with E-state index in [0.717, 1.165) is 31.2 Å². The van der Waals surface area contributed by atoms with Crippen molar-refractivity contribution in [2.45, 2.75) is 56.9 Å². The van der Waals surface area contributed by atoms with Crippen LogP contribution in [0.1, 0.15) is 45.1 Å². The van der Waals surface area contributed by atoms with Gasteiger partial charge >= 0.3 is 0 Å². The number of hydrogen-bond donors (Lipinski definition) is 2. The zero-order valence-electron chi connectivity index (χ0n) is 12.3. The SMILES string of the molecule is CCCC(CC)NS(=O)(=O)c1ccc(CCCO)cc1. The first-order valence-electron chi connectivity index (χ1n) is 7.25. The first-order chi connectivity index (χ1) is 9.53. The van der Waals surface area contributed by atoms with Crippen molar-refractivity contribution in [3.63, 3.8) is 0 Å². The second kappa shape index (κ2) is 8.39. The highest BCUT2D eigenvalue weighted by Gasteiger charge is 2.18. The van der Waals surface area contributed by atoms with E-state index in [0.29, 0.717) is 11.3 Å². The van der Waals surface area contributed by atoms with Crippen molar-refractivity contribution in [2.75, 3.05) is 6.61 Å². The Morgan fingerprint density at radius 1 is 1.20 bits per heavy atom. The Labute approximate surface area is 122 Å². The monoisotopic (exact) mass is 299 g/mol. The first-order valence-corrected chi connectivity index (χ1v) is 8.74. The van der Waals surface area contributed by atoms with E-state index in [1.807, 2.05) is 26.0 Å². The van der Waals surface area contributed by atoms with E-state index >= 15 is 0 Å². The molecule has 0 saturated carbocycles. The zero-order chi connectivity index (χ0) is 15.0. The van der Waals surface area contributed by atoms with Crippen LogP contribution in [0.5, 0.6) is 0 Å². The smallest absolute Gasteiger partial charge is 0.240 e. The number of nitrogens with one attached hydrogen (secondary N) is 1. The molecule has 0 amide bonds. The standard InChI is InChI=1S/C15H25NO3S/c1-3-6-14(4-2)16-20(18,19)15-10-8-13(9-11-15)7-5-12-17/h8-11,14,16-17H,3-7,12H2,1-2H3. The van der Waals surface area contributed by atoms with Gasteiger partial charge in [0.25, 0.3) is 0 Å². The summed E-state index contributed by atoms with van der Waals surface area (Å²) >= 11 is 0. The van der Waals surface area contributed by atoms with Crippen LogP contribution in [-0.4, -0.2) is 26.2 Å². The molecular formula is C15H25NO3S. The van der Waals surface area contributed by atoms with Gasteiger partial charge in [-0.25, -0.2) is 13.1 Å². The Balaban J connectivity index is 2.76. The molecule has 114 valence electrons. The lowest BCUT2D eigenvalue weighted by Crippen LogP contribution is -2.34. The van der Waals surface area contributed by atoms with Gasteiger partial charge < -0.3 is 5.11 Å². The molecule has 1 atom stereocenters. The van der Waals surface area contributed by atoms with Gasteiger partial charge in [-0.3, -0.25) is 0 Å². The lowest BCUT2D eigenvalue weighted by molar-refractivity contribution is 0.288. The number of rotatable bonds is 9. The van der Waals surface area contributed by atoms with Crippen molar-refractivity contribution in [1.82, 2.24) is 4.72 Å². The molecule has 5 heteroatoms. The highest BCUT2D eigenvalue weighted by molar-refractivity contribution is 7.89. The maximum absolute atomic E-state index is 12.3. The van der Waals surface area contributed by atoms with E-state index in [1.165, 1.54) is 0 Å². The maximum atomic E-state index is 12.3. The molecule has 1 aromatic carbocycles. The van der Waals surface area contributed by atoms with Gasteiger partial charge in [0.15, 0.2) is 0 Å². The second-order valence-electron chi connectivity index (χ2n) is 4.99. The third-order valence-corrected chi connectivity index (χ3v) is 4.85. The van der Waals surface area contributed by atoms with Crippen LogP contribution in [0.3, 0.4) is 0 Å². The van der Waals surface area contributed by atoms with Gasteiger partial charge in [0, 0.05) is 12.6 Å². The van der Waals surface area contributed by atoms with Crippen molar-refractivity contribution in [2.24, 2.45) is 0 Å². The zero-order valence-corrected chi connectivity index (χ0v) is 13.1. The van der Waals surface area contributed by atoms with Crippen LogP contribution in [-0.2, 0) is 16.4 Å². The number of aryl methyl sites for hydroxylation is 1. The van der Waals surface area contributed by atoms with Crippen molar-refractivity contribution in [3.8, 4) is 0 Å². The molecule has 0 aliphatic rings. The van der Waals surface area contributed by atoms with Crippen LogP contribution >= 0.6 is 0 Å². The van der Waals surface area contributed by atoms with Gasteiger partial charge in [-0.2, -0.15) is 0 Å². The molecule has 0 fully saturated rings. The summed E-state index contributed by atoms with van der Waals surface area (Å²) in [5.41, 5.74) is 1.04. The molecule has 1 rings (SSSR count). The predicted molar refractivity (Wildman–Crippen MR) is 81.2 cm³/mol. The van der Waals surface area contributed by atoms with Crippen LogP contribution in [0, 0.1) is 0 Å². The molecule has 1 unspecified atom stereocenters. The van der Waals surface area contributed by atoms with Crippen LogP contribution in [0.15, 0.2) is 29.2 Å². The van der Waals surface area contributed by atoms with Gasteiger partial charge in [0.05, 0.1) is 4.90 Å². The molecule has 0 bridgehead atoms. The van der Waals surface area contributed by atoms with Crippen LogP contribution in [0.2, 0.25) is 0 Å². The van der Waals surface area contributed by atoms with Gasteiger partial charge in [-0.05, 0) is 43.4 Å². The molecule has 0 aliphatic carbocycles.